The van der Waals surface area contributed by atoms with Crippen molar-refractivity contribution < 1.29 is 4.79 Å². The first kappa shape index (κ1) is 15.1. The molecule has 1 aromatic rings. The Morgan fingerprint density at radius 1 is 1.33 bits per heavy atom. The molecule has 0 radical (unpaired) electrons. The van der Waals surface area contributed by atoms with E-state index in [1.165, 1.54) is 4.90 Å². The Balaban J connectivity index is 2.48. The quantitative estimate of drug-likeness (QED) is 0.778. The molecule has 100 valence electrons. The number of amides is 1. The average Bonchev–Trinajstić information content (AvgIpc) is 2.36. The van der Waals surface area contributed by atoms with Crippen molar-refractivity contribution >= 4 is 17.7 Å². The predicted molar refractivity (Wildman–Crippen MR) is 77.7 cm³/mol. The third kappa shape index (κ3) is 5.10. The SMILES string of the molecule is CSc1ccc(C(C)NC(=O)CCC(C)N)cc1. The van der Waals surface area contributed by atoms with Crippen molar-refractivity contribution in [2.45, 2.75) is 43.7 Å². The fourth-order valence-electron chi connectivity index (χ4n) is 1.65. The van der Waals surface area contributed by atoms with Crippen LogP contribution in [0.1, 0.15) is 38.3 Å². The Kier molecular flexibility index (Phi) is 6.22. The van der Waals surface area contributed by atoms with Gasteiger partial charge in [0.2, 0.25) is 5.91 Å². The fourth-order valence-corrected chi connectivity index (χ4v) is 2.06. The molecular weight excluding hydrogens is 244 g/mol. The van der Waals surface area contributed by atoms with Gasteiger partial charge in [0.05, 0.1) is 6.04 Å². The number of carbonyl (C=O) groups excluding carboxylic acids is 1. The van der Waals surface area contributed by atoms with Crippen molar-refractivity contribution in [3.8, 4) is 0 Å². The molecule has 18 heavy (non-hydrogen) atoms. The summed E-state index contributed by atoms with van der Waals surface area (Å²) in [5, 5.41) is 2.99. The van der Waals surface area contributed by atoms with Gasteiger partial charge in [-0.3, -0.25) is 4.79 Å². The van der Waals surface area contributed by atoms with Gasteiger partial charge >= 0.3 is 0 Å². The van der Waals surface area contributed by atoms with E-state index >= 15 is 0 Å². The number of thioether (sulfide) groups is 1. The van der Waals surface area contributed by atoms with Crippen LogP contribution in [0.4, 0.5) is 0 Å². The van der Waals surface area contributed by atoms with E-state index in [-0.39, 0.29) is 18.0 Å². The number of hydrogen-bond acceptors (Lipinski definition) is 3. The van der Waals surface area contributed by atoms with E-state index in [1.807, 2.05) is 20.1 Å². The molecule has 3 N–H and O–H groups in total. The van der Waals surface area contributed by atoms with Gasteiger partial charge in [-0.2, -0.15) is 0 Å². The van der Waals surface area contributed by atoms with E-state index in [0.29, 0.717) is 6.42 Å². The molecule has 1 aromatic carbocycles. The zero-order chi connectivity index (χ0) is 13.5. The minimum Gasteiger partial charge on any atom is -0.350 e. The highest BCUT2D eigenvalue weighted by molar-refractivity contribution is 7.98. The van der Waals surface area contributed by atoms with Crippen LogP contribution in [0, 0.1) is 0 Å². The Labute approximate surface area is 114 Å². The summed E-state index contributed by atoms with van der Waals surface area (Å²) in [6, 6.07) is 8.38. The van der Waals surface area contributed by atoms with E-state index in [4.69, 9.17) is 5.73 Å². The average molecular weight is 266 g/mol. The first-order valence-electron chi connectivity index (χ1n) is 6.22. The van der Waals surface area contributed by atoms with E-state index < -0.39 is 0 Å². The number of nitrogens with one attached hydrogen (secondary N) is 1. The van der Waals surface area contributed by atoms with E-state index in [0.717, 1.165) is 12.0 Å². The lowest BCUT2D eigenvalue weighted by molar-refractivity contribution is -0.121. The molecule has 0 fully saturated rings. The van der Waals surface area contributed by atoms with Gasteiger partial charge in [-0.15, -0.1) is 11.8 Å². The third-order valence-corrected chi connectivity index (χ3v) is 3.56. The Hall–Kier alpha value is -1.00. The maximum atomic E-state index is 11.7. The van der Waals surface area contributed by atoms with Crippen LogP contribution in [-0.2, 0) is 4.79 Å². The summed E-state index contributed by atoms with van der Waals surface area (Å²) in [6.45, 7) is 3.91. The minimum atomic E-state index is 0.0430. The predicted octanol–water partition coefficient (Wildman–Crippen LogP) is 2.71. The zero-order valence-corrected chi connectivity index (χ0v) is 12.1. The van der Waals surface area contributed by atoms with Gasteiger partial charge in [0.1, 0.15) is 0 Å². The van der Waals surface area contributed by atoms with E-state index in [9.17, 15) is 4.79 Å². The molecule has 1 amide bonds. The van der Waals surface area contributed by atoms with Crippen molar-refractivity contribution in [1.82, 2.24) is 5.32 Å². The van der Waals surface area contributed by atoms with Crippen LogP contribution in [-0.4, -0.2) is 18.2 Å². The fraction of sp³-hybridized carbons (Fsp3) is 0.500. The van der Waals surface area contributed by atoms with Gasteiger partial charge in [0, 0.05) is 17.4 Å². The van der Waals surface area contributed by atoms with Crippen molar-refractivity contribution in [2.24, 2.45) is 5.73 Å². The normalized spacial score (nSPS) is 14.0. The molecule has 4 heteroatoms. The van der Waals surface area contributed by atoms with Crippen molar-refractivity contribution in [1.29, 1.82) is 0 Å². The van der Waals surface area contributed by atoms with Gasteiger partial charge in [-0.1, -0.05) is 12.1 Å². The number of carbonyl (C=O) groups is 1. The molecule has 0 aromatic heterocycles. The van der Waals surface area contributed by atoms with Crippen LogP contribution in [0.25, 0.3) is 0 Å². The molecule has 2 unspecified atom stereocenters. The Bertz CT molecular complexity index is 376. The number of rotatable bonds is 6. The lowest BCUT2D eigenvalue weighted by atomic mass is 10.1. The topological polar surface area (TPSA) is 55.1 Å². The summed E-state index contributed by atoms with van der Waals surface area (Å²) in [6.07, 6.45) is 3.27. The second kappa shape index (κ2) is 7.44. The molecule has 3 nitrogen and oxygen atoms in total. The number of nitrogens with two attached hydrogens (primary N) is 1. The van der Waals surface area contributed by atoms with Gasteiger partial charge in [0.15, 0.2) is 0 Å². The van der Waals surface area contributed by atoms with E-state index in [1.54, 1.807) is 11.8 Å². The monoisotopic (exact) mass is 266 g/mol. The molecule has 0 saturated carbocycles. The molecule has 0 heterocycles. The molecule has 0 aliphatic rings. The van der Waals surface area contributed by atoms with Crippen molar-refractivity contribution in [3.05, 3.63) is 29.8 Å². The standard InChI is InChI=1S/C14H22N2OS/c1-10(15)4-9-14(17)16-11(2)12-5-7-13(18-3)8-6-12/h5-8,10-11H,4,9,15H2,1-3H3,(H,16,17). The molecule has 2 atom stereocenters. The highest BCUT2D eigenvalue weighted by Crippen LogP contribution is 2.18. The van der Waals surface area contributed by atoms with Gasteiger partial charge in [-0.05, 0) is 44.2 Å². The van der Waals surface area contributed by atoms with Crippen LogP contribution in [0.3, 0.4) is 0 Å². The van der Waals surface area contributed by atoms with Crippen LogP contribution in [0.5, 0.6) is 0 Å². The summed E-state index contributed by atoms with van der Waals surface area (Å²) in [5.41, 5.74) is 6.76. The summed E-state index contributed by atoms with van der Waals surface area (Å²) in [4.78, 5) is 12.9. The molecule has 1 rings (SSSR count). The number of benzene rings is 1. The van der Waals surface area contributed by atoms with Gasteiger partial charge in [-0.25, -0.2) is 0 Å². The van der Waals surface area contributed by atoms with E-state index in [2.05, 4.69) is 29.6 Å². The summed E-state index contributed by atoms with van der Waals surface area (Å²) in [5.74, 6) is 0.0637. The maximum Gasteiger partial charge on any atom is 0.220 e. The molecule has 0 bridgehead atoms. The third-order valence-electron chi connectivity index (χ3n) is 2.82. The summed E-state index contributed by atoms with van der Waals surface area (Å²) >= 11 is 1.71. The Morgan fingerprint density at radius 3 is 2.44 bits per heavy atom. The van der Waals surface area contributed by atoms with Crippen LogP contribution >= 0.6 is 11.8 Å². The molecule has 0 aliphatic carbocycles. The highest BCUT2D eigenvalue weighted by atomic mass is 32.2. The molecule has 0 saturated heterocycles. The highest BCUT2D eigenvalue weighted by Gasteiger charge is 2.09. The lowest BCUT2D eigenvalue weighted by Gasteiger charge is -2.15. The van der Waals surface area contributed by atoms with Crippen LogP contribution in [0.15, 0.2) is 29.2 Å². The second-order valence-corrected chi connectivity index (χ2v) is 5.46. The summed E-state index contributed by atoms with van der Waals surface area (Å²) < 4.78 is 0. The first-order chi connectivity index (χ1) is 8.52. The van der Waals surface area contributed by atoms with Crippen molar-refractivity contribution in [3.63, 3.8) is 0 Å². The largest absolute Gasteiger partial charge is 0.350 e. The second-order valence-electron chi connectivity index (χ2n) is 4.58. The van der Waals surface area contributed by atoms with Gasteiger partial charge in [0.25, 0.3) is 0 Å². The maximum absolute atomic E-state index is 11.7. The Morgan fingerprint density at radius 2 is 1.94 bits per heavy atom. The zero-order valence-electron chi connectivity index (χ0n) is 11.3. The lowest BCUT2D eigenvalue weighted by Crippen LogP contribution is -2.28. The summed E-state index contributed by atoms with van der Waals surface area (Å²) in [7, 11) is 0. The van der Waals surface area contributed by atoms with Gasteiger partial charge < -0.3 is 11.1 Å². The van der Waals surface area contributed by atoms with Crippen molar-refractivity contribution in [2.75, 3.05) is 6.26 Å². The molecular formula is C14H22N2OS. The van der Waals surface area contributed by atoms with Crippen LogP contribution < -0.4 is 11.1 Å². The smallest absolute Gasteiger partial charge is 0.220 e. The van der Waals surface area contributed by atoms with Crippen LogP contribution in [0.2, 0.25) is 0 Å². The minimum absolute atomic E-state index is 0.0430. The first-order valence-corrected chi connectivity index (χ1v) is 7.44. The molecule has 0 aliphatic heterocycles. The molecule has 0 spiro atoms. The number of hydrogen-bond donors (Lipinski definition) is 2.